The van der Waals surface area contributed by atoms with Crippen LogP contribution in [0, 0.1) is 0 Å². The van der Waals surface area contributed by atoms with Crippen LogP contribution >= 0.6 is 0 Å². The lowest BCUT2D eigenvalue weighted by molar-refractivity contribution is 0.0747. The molecule has 0 radical (unpaired) electrons. The van der Waals surface area contributed by atoms with Crippen molar-refractivity contribution in [3.8, 4) is 11.1 Å². The first-order valence-electron chi connectivity index (χ1n) is 14.2. The van der Waals surface area contributed by atoms with Crippen molar-refractivity contribution in [2.24, 2.45) is 5.73 Å². The summed E-state index contributed by atoms with van der Waals surface area (Å²) in [4.78, 5) is 21.7. The van der Waals surface area contributed by atoms with Crippen LogP contribution in [-0.4, -0.2) is 42.0 Å². The normalized spacial score (nSPS) is 13.5. The van der Waals surface area contributed by atoms with Gasteiger partial charge < -0.3 is 21.3 Å². The maximum atomic E-state index is 13.3. The summed E-state index contributed by atoms with van der Waals surface area (Å²) in [6, 6.07) is 33.5. The molecule has 1 aliphatic rings. The Kier molecular flexibility index (Phi) is 7.65. The lowest BCUT2D eigenvalue weighted by atomic mass is 9.99. The monoisotopic (exact) mass is 541 g/mol. The number of piperazine rings is 1. The van der Waals surface area contributed by atoms with E-state index in [1.54, 1.807) is 6.20 Å². The average molecular weight is 542 g/mol. The number of carbonyl (C=O) groups excluding carboxylic acids is 1. The number of aryl methyl sites for hydroxylation is 2. The van der Waals surface area contributed by atoms with E-state index in [0.717, 1.165) is 59.1 Å². The number of fused-ring (bicyclic) bond motifs is 1. The van der Waals surface area contributed by atoms with Crippen LogP contribution in [0.2, 0.25) is 0 Å². The summed E-state index contributed by atoms with van der Waals surface area (Å²) in [5.41, 5.74) is 19.8. The van der Waals surface area contributed by atoms with E-state index < -0.39 is 0 Å². The summed E-state index contributed by atoms with van der Waals surface area (Å²) in [6.45, 7) is 3.49. The molecule has 1 amide bonds. The molecule has 0 atom stereocenters. The zero-order valence-corrected chi connectivity index (χ0v) is 23.2. The highest BCUT2D eigenvalue weighted by molar-refractivity contribution is 5.95. The van der Waals surface area contributed by atoms with Gasteiger partial charge in [-0.25, -0.2) is 4.98 Å². The van der Waals surface area contributed by atoms with Gasteiger partial charge in [0.25, 0.3) is 5.91 Å². The molecule has 6 heteroatoms. The lowest BCUT2D eigenvalue weighted by Crippen LogP contribution is -2.48. The quantitative estimate of drug-likeness (QED) is 0.276. The number of hydrogen-bond acceptors (Lipinski definition) is 5. The number of aromatic nitrogens is 1. The number of anilines is 2. The van der Waals surface area contributed by atoms with Crippen LogP contribution in [0.4, 0.5) is 11.5 Å². The molecular weight excluding hydrogens is 506 g/mol. The van der Waals surface area contributed by atoms with Crippen LogP contribution in [0.3, 0.4) is 0 Å². The summed E-state index contributed by atoms with van der Waals surface area (Å²) in [7, 11) is 0. The van der Waals surface area contributed by atoms with E-state index in [1.807, 2.05) is 35.2 Å². The number of hydrogen-bond donors (Lipinski definition) is 2. The molecule has 1 fully saturated rings. The van der Waals surface area contributed by atoms with Crippen molar-refractivity contribution in [2.45, 2.75) is 19.4 Å². The Labute approximate surface area is 241 Å². The zero-order valence-electron chi connectivity index (χ0n) is 23.2. The number of pyridine rings is 1. The first-order chi connectivity index (χ1) is 20.1. The second-order valence-corrected chi connectivity index (χ2v) is 10.7. The van der Waals surface area contributed by atoms with Crippen molar-refractivity contribution >= 4 is 28.2 Å². The average Bonchev–Trinajstić information content (AvgIpc) is 3.04. The third kappa shape index (κ3) is 5.93. The van der Waals surface area contributed by atoms with Crippen LogP contribution in [0.5, 0.6) is 0 Å². The van der Waals surface area contributed by atoms with E-state index in [1.165, 1.54) is 16.7 Å². The van der Waals surface area contributed by atoms with Crippen LogP contribution in [0.1, 0.15) is 27.0 Å². The van der Waals surface area contributed by atoms with E-state index >= 15 is 0 Å². The van der Waals surface area contributed by atoms with Crippen LogP contribution in [-0.2, 0) is 19.4 Å². The number of nitrogens with two attached hydrogens (primary N) is 2. The highest BCUT2D eigenvalue weighted by Crippen LogP contribution is 2.27. The van der Waals surface area contributed by atoms with Crippen molar-refractivity contribution in [3.63, 3.8) is 0 Å². The summed E-state index contributed by atoms with van der Waals surface area (Å²) >= 11 is 0. The molecule has 6 nitrogen and oxygen atoms in total. The summed E-state index contributed by atoms with van der Waals surface area (Å²) in [5.74, 6) is 0.625. The first kappa shape index (κ1) is 26.5. The number of benzene rings is 4. The SMILES string of the molecule is NCc1cccc(CCc2ccc(-c3ccc(C(=O)N4CCN(c5ccc6ccnc(N)c6c5)CC4)cc3)cc2)c1. The Balaban J connectivity index is 1.04. The summed E-state index contributed by atoms with van der Waals surface area (Å²) < 4.78 is 0. The molecular formula is C35H35N5O. The third-order valence-electron chi connectivity index (χ3n) is 8.06. The molecule has 1 aromatic heterocycles. The summed E-state index contributed by atoms with van der Waals surface area (Å²) in [6.07, 6.45) is 3.71. The third-order valence-corrected chi connectivity index (χ3v) is 8.06. The fraction of sp³-hybridized carbons (Fsp3) is 0.200. The van der Waals surface area contributed by atoms with Crippen LogP contribution in [0.15, 0.2) is 103 Å². The molecule has 4 N–H and O–H groups in total. The Morgan fingerprint density at radius 2 is 1.41 bits per heavy atom. The van der Waals surface area contributed by atoms with Gasteiger partial charge in [-0.3, -0.25) is 4.79 Å². The predicted molar refractivity (Wildman–Crippen MR) is 168 cm³/mol. The topological polar surface area (TPSA) is 88.5 Å². The number of rotatable bonds is 7. The Morgan fingerprint density at radius 3 is 2.15 bits per heavy atom. The number of nitrogens with zero attached hydrogens (tertiary/aromatic N) is 3. The second-order valence-electron chi connectivity index (χ2n) is 10.7. The van der Waals surface area contributed by atoms with Crippen molar-refractivity contribution in [2.75, 3.05) is 36.8 Å². The van der Waals surface area contributed by atoms with Gasteiger partial charge in [0.15, 0.2) is 0 Å². The molecule has 2 heterocycles. The molecule has 4 aromatic carbocycles. The van der Waals surface area contributed by atoms with Gasteiger partial charge in [-0.15, -0.1) is 0 Å². The van der Waals surface area contributed by atoms with E-state index in [0.29, 0.717) is 25.5 Å². The van der Waals surface area contributed by atoms with Gasteiger partial charge in [0.05, 0.1) is 0 Å². The van der Waals surface area contributed by atoms with Gasteiger partial charge in [-0.2, -0.15) is 0 Å². The first-order valence-corrected chi connectivity index (χ1v) is 14.2. The lowest BCUT2D eigenvalue weighted by Gasteiger charge is -2.36. The van der Waals surface area contributed by atoms with Crippen LogP contribution in [0.25, 0.3) is 21.9 Å². The molecule has 0 spiro atoms. The van der Waals surface area contributed by atoms with Gasteiger partial charge >= 0.3 is 0 Å². The van der Waals surface area contributed by atoms with Crippen molar-refractivity contribution < 1.29 is 4.79 Å². The minimum atomic E-state index is 0.0807. The van der Waals surface area contributed by atoms with Gasteiger partial charge in [0.2, 0.25) is 0 Å². The van der Waals surface area contributed by atoms with Crippen molar-refractivity contribution in [1.82, 2.24) is 9.88 Å². The van der Waals surface area contributed by atoms with E-state index in [4.69, 9.17) is 11.5 Å². The maximum absolute atomic E-state index is 13.3. The molecule has 1 aliphatic heterocycles. The van der Waals surface area contributed by atoms with Gasteiger partial charge in [-0.05, 0) is 76.4 Å². The van der Waals surface area contributed by atoms with Gasteiger partial charge in [0.1, 0.15) is 5.82 Å². The maximum Gasteiger partial charge on any atom is 0.253 e. The largest absolute Gasteiger partial charge is 0.383 e. The number of amides is 1. The smallest absolute Gasteiger partial charge is 0.253 e. The highest BCUT2D eigenvalue weighted by Gasteiger charge is 2.22. The van der Waals surface area contributed by atoms with E-state index in [9.17, 15) is 4.79 Å². The standard InChI is InChI=1S/C35H35N5O/c36-24-27-3-1-2-26(22-27)5-4-25-6-8-28(9-7-25)29-10-12-31(13-11-29)35(41)40-20-18-39(19-21-40)32-15-14-30-16-17-38-34(37)33(30)23-32/h1-3,6-17,22-23H,4-5,18-21,24,36H2,(H2,37,38). The Bertz CT molecular complexity index is 1660. The molecule has 206 valence electrons. The van der Waals surface area contributed by atoms with E-state index in [2.05, 4.69) is 76.6 Å². The van der Waals surface area contributed by atoms with Crippen LogP contribution < -0.4 is 16.4 Å². The van der Waals surface area contributed by atoms with E-state index in [-0.39, 0.29) is 5.91 Å². The molecule has 0 bridgehead atoms. The summed E-state index contributed by atoms with van der Waals surface area (Å²) in [5, 5.41) is 2.05. The number of nitrogen functional groups attached to an aromatic ring is 1. The minimum Gasteiger partial charge on any atom is -0.383 e. The van der Waals surface area contributed by atoms with Crippen molar-refractivity contribution in [3.05, 3.63) is 126 Å². The number of carbonyl (C=O) groups is 1. The second kappa shape index (κ2) is 11.8. The minimum absolute atomic E-state index is 0.0807. The highest BCUT2D eigenvalue weighted by atomic mass is 16.2. The zero-order chi connectivity index (χ0) is 28.2. The molecule has 0 unspecified atom stereocenters. The molecule has 5 aromatic rings. The van der Waals surface area contributed by atoms with Gasteiger partial charge in [0, 0.05) is 55.6 Å². The molecule has 41 heavy (non-hydrogen) atoms. The Morgan fingerprint density at radius 1 is 0.732 bits per heavy atom. The Hall–Kier alpha value is -4.68. The van der Waals surface area contributed by atoms with Gasteiger partial charge in [-0.1, -0.05) is 66.7 Å². The molecule has 0 saturated carbocycles. The predicted octanol–water partition coefficient (Wildman–Crippen LogP) is 5.69. The molecule has 6 rings (SSSR count). The fourth-order valence-corrected chi connectivity index (χ4v) is 5.60. The fourth-order valence-electron chi connectivity index (χ4n) is 5.60. The molecule has 1 saturated heterocycles. The van der Waals surface area contributed by atoms with Crippen molar-refractivity contribution in [1.29, 1.82) is 0 Å². The molecule has 0 aliphatic carbocycles.